The van der Waals surface area contributed by atoms with Crippen molar-refractivity contribution in [2.45, 2.75) is 34.2 Å². The van der Waals surface area contributed by atoms with Gasteiger partial charge in [-0.05, 0) is 12.5 Å². The third-order valence-corrected chi connectivity index (χ3v) is 2.59. The zero-order valence-electron chi connectivity index (χ0n) is 11.0. The lowest BCUT2D eigenvalue weighted by molar-refractivity contribution is 0.417. The van der Waals surface area contributed by atoms with Gasteiger partial charge >= 0.3 is 0 Å². The maximum absolute atomic E-state index is 8.08. The number of hydrogen-bond acceptors (Lipinski definition) is 1. The molecule has 0 aliphatic carbocycles. The Balaban J connectivity index is 2.72. The third kappa shape index (κ3) is 3.37. The molecule has 2 heteroatoms. The van der Waals surface area contributed by atoms with Gasteiger partial charge in [0.25, 0.3) is 0 Å². The first-order valence-electron chi connectivity index (χ1n) is 5.66. The van der Waals surface area contributed by atoms with E-state index >= 15 is 0 Å². The van der Waals surface area contributed by atoms with Gasteiger partial charge in [-0.1, -0.05) is 50.6 Å². The molecule has 1 aromatic rings. The van der Waals surface area contributed by atoms with E-state index in [1.54, 1.807) is 0 Å². The number of aryl methyl sites for hydroxylation is 1. The Bertz CT molecular complexity index is 375. The van der Waals surface area contributed by atoms with Crippen LogP contribution in [-0.4, -0.2) is 17.8 Å². The SMILES string of the molecule is Cc1cccc(CN(C)C(=N)C(C)(C)C)c1. The molecule has 0 saturated heterocycles. The van der Waals surface area contributed by atoms with Crippen molar-refractivity contribution < 1.29 is 0 Å². The number of nitrogens with zero attached hydrogens (tertiary/aromatic N) is 1. The summed E-state index contributed by atoms with van der Waals surface area (Å²) >= 11 is 0. The van der Waals surface area contributed by atoms with Crippen molar-refractivity contribution >= 4 is 5.84 Å². The van der Waals surface area contributed by atoms with Crippen LogP contribution in [0.1, 0.15) is 31.9 Å². The molecule has 1 rings (SSSR count). The van der Waals surface area contributed by atoms with Gasteiger partial charge in [-0.3, -0.25) is 5.41 Å². The average Bonchev–Trinajstić information content (AvgIpc) is 2.15. The largest absolute Gasteiger partial charge is 0.359 e. The molecule has 0 radical (unpaired) electrons. The van der Waals surface area contributed by atoms with Gasteiger partial charge in [-0.15, -0.1) is 0 Å². The summed E-state index contributed by atoms with van der Waals surface area (Å²) in [5.41, 5.74) is 2.45. The van der Waals surface area contributed by atoms with Gasteiger partial charge in [0.15, 0.2) is 0 Å². The van der Waals surface area contributed by atoms with Gasteiger partial charge in [-0.25, -0.2) is 0 Å². The minimum Gasteiger partial charge on any atom is -0.359 e. The van der Waals surface area contributed by atoms with E-state index in [9.17, 15) is 0 Å². The molecule has 0 saturated carbocycles. The first-order valence-corrected chi connectivity index (χ1v) is 5.66. The maximum Gasteiger partial charge on any atom is 0.101 e. The van der Waals surface area contributed by atoms with E-state index in [2.05, 4.69) is 52.0 Å². The first kappa shape index (κ1) is 12.8. The second-order valence-corrected chi connectivity index (χ2v) is 5.44. The van der Waals surface area contributed by atoms with Crippen molar-refractivity contribution in [2.75, 3.05) is 7.05 Å². The van der Waals surface area contributed by atoms with Gasteiger partial charge in [0.1, 0.15) is 5.84 Å². The molecule has 0 aromatic heterocycles. The lowest BCUT2D eigenvalue weighted by atomic mass is 9.94. The second kappa shape index (κ2) is 4.69. The molecule has 1 N–H and O–H groups in total. The highest BCUT2D eigenvalue weighted by Crippen LogP contribution is 2.18. The van der Waals surface area contributed by atoms with Crippen LogP contribution in [-0.2, 0) is 6.54 Å². The van der Waals surface area contributed by atoms with Crippen molar-refractivity contribution in [1.82, 2.24) is 4.90 Å². The molecule has 0 aliphatic rings. The van der Waals surface area contributed by atoms with E-state index in [0.29, 0.717) is 5.84 Å². The highest BCUT2D eigenvalue weighted by Gasteiger charge is 2.20. The predicted octanol–water partition coefficient (Wildman–Crippen LogP) is 3.45. The number of hydrogen-bond donors (Lipinski definition) is 1. The summed E-state index contributed by atoms with van der Waals surface area (Å²) in [5.74, 6) is 0.675. The summed E-state index contributed by atoms with van der Waals surface area (Å²) in [4.78, 5) is 2.01. The van der Waals surface area contributed by atoms with E-state index in [0.717, 1.165) is 6.54 Å². The number of amidine groups is 1. The Labute approximate surface area is 98.8 Å². The molecular formula is C14H22N2. The lowest BCUT2D eigenvalue weighted by Crippen LogP contribution is -2.35. The molecule has 0 amide bonds. The minimum atomic E-state index is -0.0847. The molecule has 0 atom stereocenters. The molecular weight excluding hydrogens is 196 g/mol. The van der Waals surface area contributed by atoms with Crippen LogP contribution in [0.15, 0.2) is 24.3 Å². The monoisotopic (exact) mass is 218 g/mol. The Hall–Kier alpha value is -1.31. The topological polar surface area (TPSA) is 27.1 Å². The van der Waals surface area contributed by atoms with Gasteiger partial charge in [0.2, 0.25) is 0 Å². The van der Waals surface area contributed by atoms with Crippen LogP contribution in [0.2, 0.25) is 0 Å². The third-order valence-electron chi connectivity index (χ3n) is 2.59. The van der Waals surface area contributed by atoms with E-state index < -0.39 is 0 Å². The Morgan fingerprint density at radius 2 is 1.94 bits per heavy atom. The Kier molecular flexibility index (Phi) is 3.74. The smallest absolute Gasteiger partial charge is 0.101 e. The fourth-order valence-corrected chi connectivity index (χ4v) is 1.74. The second-order valence-electron chi connectivity index (χ2n) is 5.44. The Morgan fingerprint density at radius 3 is 2.44 bits per heavy atom. The lowest BCUT2D eigenvalue weighted by Gasteiger charge is -2.29. The standard InChI is InChI=1S/C14H22N2/c1-11-7-6-8-12(9-11)10-16(5)13(15)14(2,3)4/h6-9,15H,10H2,1-5H3. The fourth-order valence-electron chi connectivity index (χ4n) is 1.74. The molecule has 0 heterocycles. The molecule has 1 aromatic carbocycles. The maximum atomic E-state index is 8.08. The summed E-state index contributed by atoms with van der Waals surface area (Å²) in [7, 11) is 1.98. The van der Waals surface area contributed by atoms with Crippen LogP contribution in [0.5, 0.6) is 0 Å². The van der Waals surface area contributed by atoms with Crippen LogP contribution in [0.4, 0.5) is 0 Å². The fraction of sp³-hybridized carbons (Fsp3) is 0.500. The van der Waals surface area contributed by atoms with E-state index in [4.69, 9.17) is 5.41 Å². The number of rotatable bonds is 2. The quantitative estimate of drug-likeness (QED) is 0.597. The summed E-state index contributed by atoms with van der Waals surface area (Å²) < 4.78 is 0. The number of nitrogens with one attached hydrogen (secondary N) is 1. The van der Waals surface area contributed by atoms with Crippen molar-refractivity contribution in [1.29, 1.82) is 5.41 Å². The van der Waals surface area contributed by atoms with Gasteiger partial charge in [-0.2, -0.15) is 0 Å². The van der Waals surface area contributed by atoms with Gasteiger partial charge in [0.05, 0.1) is 0 Å². The molecule has 88 valence electrons. The van der Waals surface area contributed by atoms with Crippen LogP contribution >= 0.6 is 0 Å². The van der Waals surface area contributed by atoms with E-state index in [-0.39, 0.29) is 5.41 Å². The molecule has 0 spiro atoms. The molecule has 0 aliphatic heterocycles. The summed E-state index contributed by atoms with van der Waals surface area (Å²) in [6.45, 7) is 9.11. The van der Waals surface area contributed by atoms with Crippen molar-refractivity contribution in [3.63, 3.8) is 0 Å². The first-order chi connectivity index (χ1) is 7.30. The summed E-state index contributed by atoms with van der Waals surface area (Å²) in [6.07, 6.45) is 0. The van der Waals surface area contributed by atoms with Crippen LogP contribution in [0.3, 0.4) is 0 Å². The van der Waals surface area contributed by atoms with Crippen molar-refractivity contribution in [3.05, 3.63) is 35.4 Å². The average molecular weight is 218 g/mol. The van der Waals surface area contributed by atoms with Crippen molar-refractivity contribution in [3.8, 4) is 0 Å². The van der Waals surface area contributed by atoms with E-state index in [1.165, 1.54) is 11.1 Å². The van der Waals surface area contributed by atoms with Crippen molar-refractivity contribution in [2.24, 2.45) is 5.41 Å². The zero-order chi connectivity index (χ0) is 12.3. The predicted molar refractivity (Wildman–Crippen MR) is 69.8 cm³/mol. The highest BCUT2D eigenvalue weighted by atomic mass is 15.1. The van der Waals surface area contributed by atoms with Crippen LogP contribution in [0, 0.1) is 17.7 Å². The Morgan fingerprint density at radius 1 is 1.31 bits per heavy atom. The normalized spacial score (nSPS) is 11.3. The molecule has 0 fully saturated rings. The molecule has 2 nitrogen and oxygen atoms in total. The molecule has 16 heavy (non-hydrogen) atoms. The molecule has 0 unspecified atom stereocenters. The van der Waals surface area contributed by atoms with E-state index in [1.807, 2.05) is 11.9 Å². The summed E-state index contributed by atoms with van der Waals surface area (Å²) in [6, 6.07) is 8.45. The van der Waals surface area contributed by atoms with Crippen LogP contribution < -0.4 is 0 Å². The summed E-state index contributed by atoms with van der Waals surface area (Å²) in [5, 5.41) is 8.08. The highest BCUT2D eigenvalue weighted by molar-refractivity contribution is 5.83. The number of benzene rings is 1. The zero-order valence-corrected chi connectivity index (χ0v) is 11.0. The van der Waals surface area contributed by atoms with Gasteiger partial charge < -0.3 is 4.90 Å². The van der Waals surface area contributed by atoms with Gasteiger partial charge in [0, 0.05) is 19.0 Å². The minimum absolute atomic E-state index is 0.0847. The molecule has 0 bridgehead atoms. The van der Waals surface area contributed by atoms with Crippen LogP contribution in [0.25, 0.3) is 0 Å².